The molecule has 0 radical (unpaired) electrons. The van der Waals surface area contributed by atoms with E-state index in [1.165, 1.54) is 11.1 Å². The quantitative estimate of drug-likeness (QED) is 0.784. The molecule has 0 fully saturated rings. The average molecular weight is 283 g/mol. The molecule has 0 spiro atoms. The zero-order chi connectivity index (χ0) is 13.9. The lowest BCUT2D eigenvalue weighted by Gasteiger charge is -2.31. The Balaban J connectivity index is 1.78. The highest BCUT2D eigenvalue weighted by atomic mass is 32.1. The number of rotatable bonds is 2. The minimum absolute atomic E-state index is 0.862. The van der Waals surface area contributed by atoms with Gasteiger partial charge in [-0.15, -0.1) is 0 Å². The van der Waals surface area contributed by atoms with Crippen molar-refractivity contribution in [3.63, 3.8) is 0 Å². The number of ether oxygens (including phenoxy) is 1. The Labute approximate surface area is 125 Å². The number of thiocarbonyl (C=S) groups is 1. The van der Waals surface area contributed by atoms with Gasteiger partial charge in [-0.05, 0) is 41.8 Å². The second-order valence-electron chi connectivity index (χ2n) is 4.97. The number of hydrogen-bond donors (Lipinski definition) is 0. The van der Waals surface area contributed by atoms with Crippen molar-refractivity contribution in [2.24, 2.45) is 0 Å². The Kier molecular flexibility index (Phi) is 3.70. The van der Waals surface area contributed by atoms with E-state index in [1.54, 1.807) is 7.11 Å². The smallest absolute Gasteiger partial charge is 0.118 e. The van der Waals surface area contributed by atoms with Gasteiger partial charge in [-0.3, -0.25) is 0 Å². The van der Waals surface area contributed by atoms with E-state index in [1.807, 2.05) is 24.3 Å². The van der Waals surface area contributed by atoms with E-state index in [9.17, 15) is 0 Å². The summed E-state index contributed by atoms with van der Waals surface area (Å²) in [6, 6.07) is 16.6. The van der Waals surface area contributed by atoms with Crippen molar-refractivity contribution in [2.45, 2.75) is 13.0 Å². The summed E-state index contributed by atoms with van der Waals surface area (Å²) in [6.45, 7) is 1.89. The maximum atomic E-state index is 5.63. The van der Waals surface area contributed by atoms with Gasteiger partial charge in [-0.1, -0.05) is 36.5 Å². The van der Waals surface area contributed by atoms with Gasteiger partial charge in [-0.2, -0.15) is 0 Å². The molecule has 3 rings (SSSR count). The van der Waals surface area contributed by atoms with Crippen LogP contribution in [0.4, 0.5) is 0 Å². The highest BCUT2D eigenvalue weighted by Gasteiger charge is 2.18. The second kappa shape index (κ2) is 5.63. The van der Waals surface area contributed by atoms with Gasteiger partial charge in [-0.25, -0.2) is 0 Å². The van der Waals surface area contributed by atoms with Gasteiger partial charge in [0.15, 0.2) is 0 Å². The van der Waals surface area contributed by atoms with Crippen molar-refractivity contribution >= 4 is 17.2 Å². The van der Waals surface area contributed by atoms with E-state index in [4.69, 9.17) is 17.0 Å². The van der Waals surface area contributed by atoms with Crippen LogP contribution in [0.2, 0.25) is 0 Å². The predicted molar refractivity (Wildman–Crippen MR) is 85.3 cm³/mol. The van der Waals surface area contributed by atoms with Crippen LogP contribution < -0.4 is 4.74 Å². The van der Waals surface area contributed by atoms with Crippen LogP contribution in [0.25, 0.3) is 0 Å². The molecule has 0 bridgehead atoms. The van der Waals surface area contributed by atoms with E-state index >= 15 is 0 Å². The van der Waals surface area contributed by atoms with Crippen LogP contribution in [0.3, 0.4) is 0 Å². The molecule has 2 aromatic rings. The molecule has 0 aromatic heterocycles. The Morgan fingerprint density at radius 1 is 1.05 bits per heavy atom. The fraction of sp³-hybridized carbons (Fsp3) is 0.235. The van der Waals surface area contributed by atoms with Crippen molar-refractivity contribution in [1.29, 1.82) is 0 Å². The van der Waals surface area contributed by atoms with Crippen molar-refractivity contribution in [1.82, 2.24) is 4.90 Å². The lowest BCUT2D eigenvalue weighted by atomic mass is 9.99. The van der Waals surface area contributed by atoms with Crippen LogP contribution in [0.15, 0.2) is 48.5 Å². The Morgan fingerprint density at radius 2 is 1.75 bits per heavy atom. The second-order valence-corrected chi connectivity index (χ2v) is 5.36. The third kappa shape index (κ3) is 2.54. The van der Waals surface area contributed by atoms with Crippen LogP contribution in [0.5, 0.6) is 5.75 Å². The summed E-state index contributed by atoms with van der Waals surface area (Å²) < 4.78 is 5.18. The van der Waals surface area contributed by atoms with Gasteiger partial charge in [0, 0.05) is 18.7 Å². The van der Waals surface area contributed by atoms with Crippen molar-refractivity contribution in [2.75, 3.05) is 13.7 Å². The molecule has 1 heterocycles. The largest absolute Gasteiger partial charge is 0.497 e. The zero-order valence-corrected chi connectivity index (χ0v) is 12.3. The first kappa shape index (κ1) is 13.1. The number of hydrogen-bond acceptors (Lipinski definition) is 2. The fourth-order valence-corrected chi connectivity index (χ4v) is 2.88. The molecule has 1 aliphatic rings. The molecule has 0 saturated carbocycles. The van der Waals surface area contributed by atoms with Crippen molar-refractivity contribution < 1.29 is 4.74 Å². The molecule has 0 aliphatic carbocycles. The van der Waals surface area contributed by atoms with Gasteiger partial charge < -0.3 is 9.64 Å². The lowest BCUT2D eigenvalue weighted by molar-refractivity contribution is 0.401. The standard InChI is InChI=1S/C17H17NOS/c1-19-16-8-6-14(7-9-16)17(20)18-11-10-13-4-2-3-5-15(13)12-18/h2-9H,10-12H2,1H3. The molecule has 102 valence electrons. The molecular formula is C17H17NOS. The summed E-state index contributed by atoms with van der Waals surface area (Å²) in [4.78, 5) is 3.20. The van der Waals surface area contributed by atoms with Gasteiger partial charge in [0.05, 0.1) is 7.11 Å². The summed E-state index contributed by atoms with van der Waals surface area (Å²) in [5.74, 6) is 0.862. The Hall–Kier alpha value is -1.87. The minimum atomic E-state index is 0.862. The topological polar surface area (TPSA) is 12.5 Å². The molecule has 0 amide bonds. The zero-order valence-electron chi connectivity index (χ0n) is 11.5. The molecule has 0 saturated heterocycles. The fourth-order valence-electron chi connectivity index (χ4n) is 2.59. The SMILES string of the molecule is COc1ccc(C(=S)N2CCc3ccccc3C2)cc1. The number of fused-ring (bicyclic) bond motifs is 1. The average Bonchev–Trinajstić information content (AvgIpc) is 2.54. The van der Waals surface area contributed by atoms with E-state index in [2.05, 4.69) is 29.2 Å². The maximum Gasteiger partial charge on any atom is 0.118 e. The molecule has 2 nitrogen and oxygen atoms in total. The molecule has 0 atom stereocenters. The van der Waals surface area contributed by atoms with Gasteiger partial charge >= 0.3 is 0 Å². The highest BCUT2D eigenvalue weighted by Crippen LogP contribution is 2.21. The number of benzene rings is 2. The van der Waals surface area contributed by atoms with Crippen LogP contribution in [-0.4, -0.2) is 23.5 Å². The van der Waals surface area contributed by atoms with Crippen LogP contribution in [0.1, 0.15) is 16.7 Å². The van der Waals surface area contributed by atoms with E-state index in [0.29, 0.717) is 0 Å². The van der Waals surface area contributed by atoms with Gasteiger partial charge in [0.1, 0.15) is 10.7 Å². The lowest BCUT2D eigenvalue weighted by Crippen LogP contribution is -2.35. The van der Waals surface area contributed by atoms with Gasteiger partial charge in [0.25, 0.3) is 0 Å². The highest BCUT2D eigenvalue weighted by molar-refractivity contribution is 7.80. The monoisotopic (exact) mass is 283 g/mol. The Bertz CT molecular complexity index is 621. The number of methoxy groups -OCH3 is 1. The van der Waals surface area contributed by atoms with Crippen LogP contribution in [-0.2, 0) is 13.0 Å². The summed E-state index contributed by atoms with van der Waals surface area (Å²) in [5, 5.41) is 0. The predicted octanol–water partition coefficient (Wildman–Crippen LogP) is 3.43. The minimum Gasteiger partial charge on any atom is -0.497 e. The molecule has 0 unspecified atom stereocenters. The summed E-state index contributed by atoms with van der Waals surface area (Å²) in [6.07, 6.45) is 1.06. The van der Waals surface area contributed by atoms with Crippen LogP contribution in [0, 0.1) is 0 Å². The molecule has 20 heavy (non-hydrogen) atoms. The first-order valence-corrected chi connectivity index (χ1v) is 7.19. The molecular weight excluding hydrogens is 266 g/mol. The molecule has 0 N–H and O–H groups in total. The summed E-state index contributed by atoms with van der Waals surface area (Å²) >= 11 is 5.63. The van der Waals surface area contributed by atoms with Crippen molar-refractivity contribution in [3.8, 4) is 5.75 Å². The maximum absolute atomic E-state index is 5.63. The third-order valence-corrected chi connectivity index (χ3v) is 4.25. The Morgan fingerprint density at radius 3 is 2.45 bits per heavy atom. The summed E-state index contributed by atoms with van der Waals surface area (Å²) in [7, 11) is 1.68. The number of nitrogens with zero attached hydrogens (tertiary/aromatic N) is 1. The van der Waals surface area contributed by atoms with E-state index in [0.717, 1.165) is 35.8 Å². The van der Waals surface area contributed by atoms with E-state index in [-0.39, 0.29) is 0 Å². The molecule has 3 heteroatoms. The van der Waals surface area contributed by atoms with Crippen LogP contribution >= 0.6 is 12.2 Å². The van der Waals surface area contributed by atoms with Crippen molar-refractivity contribution in [3.05, 3.63) is 65.2 Å². The van der Waals surface area contributed by atoms with Gasteiger partial charge in [0.2, 0.25) is 0 Å². The molecule has 2 aromatic carbocycles. The summed E-state index contributed by atoms with van der Waals surface area (Å²) in [5.41, 5.74) is 3.91. The molecule has 1 aliphatic heterocycles. The first-order chi connectivity index (χ1) is 9.78. The third-order valence-electron chi connectivity index (χ3n) is 3.75. The normalized spacial score (nSPS) is 13.8. The first-order valence-electron chi connectivity index (χ1n) is 6.78. The van der Waals surface area contributed by atoms with E-state index < -0.39 is 0 Å².